The van der Waals surface area contributed by atoms with Gasteiger partial charge in [-0.3, -0.25) is 0 Å². The Morgan fingerprint density at radius 2 is 1.42 bits per heavy atom. The second kappa shape index (κ2) is 14.5. The minimum absolute atomic E-state index is 0. The topological polar surface area (TPSA) is 33.5 Å². The van der Waals surface area contributed by atoms with E-state index in [0.29, 0.717) is 28.9 Å². The van der Waals surface area contributed by atoms with Gasteiger partial charge in [-0.1, -0.05) is 96.0 Å². The Balaban J connectivity index is 0.00000444. The van der Waals surface area contributed by atoms with Crippen molar-refractivity contribution in [2.24, 2.45) is 23.7 Å². The molecule has 4 bridgehead atoms. The van der Waals surface area contributed by atoms with Crippen molar-refractivity contribution in [2.75, 3.05) is 16.8 Å². The first kappa shape index (κ1) is 34.1. The molecule has 6 aromatic carbocycles. The molecule has 4 aliphatic carbocycles. The molecule has 13 rings (SSSR count). The summed E-state index contributed by atoms with van der Waals surface area (Å²) >= 11 is 0. The van der Waals surface area contributed by atoms with Gasteiger partial charge in [0.25, 0.3) is 0 Å². The summed E-state index contributed by atoms with van der Waals surface area (Å²) in [6.07, 6.45) is 8.16. The van der Waals surface area contributed by atoms with Crippen molar-refractivity contribution in [3.8, 4) is 28.4 Å². The quantitative estimate of drug-likeness (QED) is 0.149. The molecule has 6 heteroatoms. The van der Waals surface area contributed by atoms with Crippen LogP contribution in [0.2, 0.25) is 0 Å². The summed E-state index contributed by atoms with van der Waals surface area (Å²) in [6, 6.07) is 55.4. The number of aryl methyl sites for hydroxylation is 1. The first-order valence-electron chi connectivity index (χ1n) is 22.5. The number of ether oxygens (including phenoxy) is 1. The molecule has 5 nitrogen and oxygen atoms in total. The largest absolute Gasteiger partial charge is 0.509 e. The van der Waals surface area contributed by atoms with Crippen molar-refractivity contribution in [1.82, 2.24) is 9.55 Å². The van der Waals surface area contributed by atoms with Gasteiger partial charge in [-0.25, -0.2) is 4.98 Å². The van der Waals surface area contributed by atoms with E-state index in [0.717, 1.165) is 67.6 Å². The normalized spacial score (nSPS) is 23.6. The van der Waals surface area contributed by atoms with Gasteiger partial charge in [0.1, 0.15) is 5.82 Å². The summed E-state index contributed by atoms with van der Waals surface area (Å²) in [4.78, 5) is 9.40. The summed E-state index contributed by atoms with van der Waals surface area (Å²) in [5.74, 6) is 4.52. The van der Waals surface area contributed by atoms with Crippen LogP contribution >= 0.6 is 0 Å². The van der Waals surface area contributed by atoms with Crippen LogP contribution in [0.4, 0.5) is 17.1 Å². The zero-order valence-corrected chi connectivity index (χ0v) is 35.6. The number of hydrogen-bond donors (Lipinski definition) is 0. The standard InChI is InChI=1S/C54H45N4O.Pt/c1-35-16-18-40(19-17-35)54(42-25-36-24-37(27-42)28-43(54)26-36)41-22-23-55-53(31-41)58-49-13-7-6-12-47(49)48-21-20-45(33-52(48)58)59-46-30-39(38-10-4-3-5-11-38)29-44(32-46)57-34-56(2)50-14-8-9-15-51(50)57;/h3-23,29-31,34,36-37,42-43H,24-28H2,1-2H3;/q-3;/i1D3;. The fourth-order valence-electron chi connectivity index (χ4n) is 11.8. The number of rotatable bonds is 7. The molecule has 0 N–H and O–H groups in total. The molecule has 8 aromatic rings. The second-order valence-corrected chi connectivity index (χ2v) is 17.3. The van der Waals surface area contributed by atoms with Crippen molar-refractivity contribution in [2.45, 2.75) is 44.4 Å². The number of anilines is 3. The molecule has 0 spiro atoms. The van der Waals surface area contributed by atoms with Crippen LogP contribution in [-0.4, -0.2) is 16.6 Å². The van der Waals surface area contributed by atoms with E-state index >= 15 is 0 Å². The number of benzene rings is 6. The molecule has 0 radical (unpaired) electrons. The van der Waals surface area contributed by atoms with Gasteiger partial charge >= 0.3 is 0 Å². The van der Waals surface area contributed by atoms with Gasteiger partial charge in [0.2, 0.25) is 0 Å². The van der Waals surface area contributed by atoms with E-state index in [1.807, 2.05) is 30.5 Å². The van der Waals surface area contributed by atoms with Crippen LogP contribution in [-0.2, 0) is 26.5 Å². The van der Waals surface area contributed by atoms with Crippen LogP contribution in [0.3, 0.4) is 0 Å². The number of nitrogens with zero attached hydrogens (tertiary/aromatic N) is 4. The van der Waals surface area contributed by atoms with Crippen LogP contribution in [0.15, 0.2) is 146 Å². The van der Waals surface area contributed by atoms with Gasteiger partial charge in [0, 0.05) is 65.2 Å². The monoisotopic (exact) mass is 963 g/mol. The molecule has 60 heavy (non-hydrogen) atoms. The van der Waals surface area contributed by atoms with Gasteiger partial charge in [0.15, 0.2) is 0 Å². The maximum absolute atomic E-state index is 8.10. The molecule has 3 heterocycles. The Hall–Kier alpha value is -5.64. The smallest absolute Gasteiger partial charge is 0.135 e. The Kier molecular flexibility index (Phi) is 8.26. The van der Waals surface area contributed by atoms with Gasteiger partial charge in [0.05, 0.1) is 0 Å². The predicted molar refractivity (Wildman–Crippen MR) is 238 cm³/mol. The van der Waals surface area contributed by atoms with Crippen molar-refractivity contribution < 1.29 is 29.9 Å². The molecule has 4 saturated carbocycles. The fraction of sp³-hybridized carbons (Fsp3) is 0.222. The zero-order chi connectivity index (χ0) is 41.7. The molecule has 0 unspecified atom stereocenters. The summed E-state index contributed by atoms with van der Waals surface area (Å²) in [5.41, 5.74) is 9.79. The molecule has 1 aliphatic heterocycles. The Morgan fingerprint density at radius 1 is 0.683 bits per heavy atom. The molecule has 0 amide bonds. The minimum atomic E-state index is -2.14. The molecule has 4 fully saturated rings. The van der Waals surface area contributed by atoms with Gasteiger partial charge < -0.3 is 19.1 Å². The predicted octanol–water partition coefficient (Wildman–Crippen LogP) is 13.0. The number of fused-ring (bicyclic) bond motifs is 4. The minimum Gasteiger partial charge on any atom is -0.509 e. The van der Waals surface area contributed by atoms with E-state index in [1.54, 1.807) is 0 Å². The van der Waals surface area contributed by atoms with E-state index in [-0.39, 0.29) is 26.5 Å². The fourth-order valence-corrected chi connectivity index (χ4v) is 11.8. The number of hydrogen-bond acceptors (Lipinski definition) is 4. The third kappa shape index (κ3) is 5.87. The van der Waals surface area contributed by atoms with Gasteiger partial charge in [-0.05, 0) is 122 Å². The average Bonchev–Trinajstić information content (AvgIpc) is 3.80. The summed E-state index contributed by atoms with van der Waals surface area (Å²) < 4.78 is 33.3. The van der Waals surface area contributed by atoms with E-state index in [1.165, 1.54) is 43.2 Å². The molecular weight excluding hydrogens is 916 g/mol. The maximum Gasteiger partial charge on any atom is 0.135 e. The van der Waals surface area contributed by atoms with Crippen LogP contribution in [0.25, 0.3) is 38.8 Å². The van der Waals surface area contributed by atoms with Crippen LogP contribution < -0.4 is 14.5 Å². The maximum atomic E-state index is 8.10. The number of pyridine rings is 1. The molecule has 0 atom stereocenters. The third-order valence-corrected chi connectivity index (χ3v) is 14.0. The zero-order valence-electron chi connectivity index (χ0n) is 36.3. The van der Waals surface area contributed by atoms with Crippen molar-refractivity contribution in [1.29, 1.82) is 0 Å². The molecular formula is C54H45N4OPt-3. The summed E-state index contributed by atoms with van der Waals surface area (Å²) in [7, 11) is 2.06. The molecule has 300 valence electrons. The second-order valence-electron chi connectivity index (χ2n) is 17.3. The van der Waals surface area contributed by atoms with E-state index in [4.69, 9.17) is 13.8 Å². The Bertz CT molecular complexity index is 2990. The number of aromatic nitrogens is 2. The summed E-state index contributed by atoms with van der Waals surface area (Å²) in [6.45, 7) is -0.0532. The van der Waals surface area contributed by atoms with Crippen molar-refractivity contribution in [3.63, 3.8) is 0 Å². The first-order chi connectivity index (χ1) is 30.2. The van der Waals surface area contributed by atoms with Gasteiger partial charge in [-0.2, -0.15) is 12.7 Å². The van der Waals surface area contributed by atoms with Crippen LogP contribution in [0.1, 0.15) is 52.9 Å². The van der Waals surface area contributed by atoms with Gasteiger partial charge in [-0.15, -0.1) is 47.0 Å². The molecule has 2 aromatic heterocycles. The van der Waals surface area contributed by atoms with E-state index < -0.39 is 6.85 Å². The summed E-state index contributed by atoms with van der Waals surface area (Å²) in [5, 5.41) is 2.19. The molecule has 5 aliphatic rings. The first-order valence-corrected chi connectivity index (χ1v) is 21.0. The molecule has 0 saturated heterocycles. The van der Waals surface area contributed by atoms with Crippen LogP contribution in [0, 0.1) is 49.3 Å². The SMILES string of the molecule is [2H]C([2H])([2H])c1ccc(C2(c3ccnc(-n4c5[c-]c(Oc6[c-]c(N7[CH-]N(C)c8ccccc87)cc(-c7ccccc7)c6)ccc5c5ccccc54)c3)C3CC4CC(C3)CC2C4)cc1.[Pt]. The average molecular weight is 964 g/mol. The van der Waals surface area contributed by atoms with Crippen LogP contribution in [0.5, 0.6) is 11.5 Å². The van der Waals surface area contributed by atoms with Crippen molar-refractivity contribution >= 4 is 38.9 Å². The van der Waals surface area contributed by atoms with Crippen molar-refractivity contribution in [3.05, 3.63) is 181 Å². The number of para-hydroxylation sites is 3. The van der Waals surface area contributed by atoms with E-state index in [2.05, 4.69) is 155 Å². The third-order valence-electron chi connectivity index (χ3n) is 14.0. The van der Waals surface area contributed by atoms with E-state index in [9.17, 15) is 0 Å². The Morgan fingerprint density at radius 3 is 2.20 bits per heavy atom. The Labute approximate surface area is 371 Å².